The third-order valence-corrected chi connectivity index (χ3v) is 3.68. The normalized spacial score (nSPS) is 11.2. The SMILES string of the molecule is Cn1c(Cn2cnc3c(cnn3C)c2=O)cc(=O)n(C)c1=O. The van der Waals surface area contributed by atoms with Crippen LogP contribution in [0.1, 0.15) is 5.69 Å². The van der Waals surface area contributed by atoms with Crippen LogP contribution in [0.5, 0.6) is 0 Å². The van der Waals surface area contributed by atoms with Crippen LogP contribution in [0.4, 0.5) is 0 Å². The minimum atomic E-state index is -0.439. The lowest BCUT2D eigenvalue weighted by Gasteiger charge is -2.10. The molecule has 3 aromatic heterocycles. The summed E-state index contributed by atoms with van der Waals surface area (Å²) < 4.78 is 5.20. The fourth-order valence-electron chi connectivity index (χ4n) is 2.28. The summed E-state index contributed by atoms with van der Waals surface area (Å²) in [6.07, 6.45) is 2.83. The van der Waals surface area contributed by atoms with E-state index in [1.54, 1.807) is 14.1 Å². The number of hydrogen-bond acceptors (Lipinski definition) is 5. The molecule has 0 aliphatic heterocycles. The van der Waals surface area contributed by atoms with Crippen LogP contribution in [0.15, 0.2) is 33.0 Å². The zero-order chi connectivity index (χ0) is 16.0. The molecule has 0 aliphatic carbocycles. The van der Waals surface area contributed by atoms with E-state index in [1.807, 2.05) is 0 Å². The van der Waals surface area contributed by atoms with E-state index in [2.05, 4.69) is 10.1 Å². The third-order valence-electron chi connectivity index (χ3n) is 3.68. The van der Waals surface area contributed by atoms with Gasteiger partial charge in [0, 0.05) is 32.9 Å². The molecule has 0 N–H and O–H groups in total. The number of nitrogens with zero attached hydrogens (tertiary/aromatic N) is 6. The topological polar surface area (TPSA) is 96.7 Å². The second kappa shape index (κ2) is 4.79. The molecule has 9 nitrogen and oxygen atoms in total. The molecule has 9 heteroatoms. The van der Waals surface area contributed by atoms with Crippen LogP contribution < -0.4 is 16.8 Å². The predicted octanol–water partition coefficient (Wildman–Crippen LogP) is -1.42. The van der Waals surface area contributed by atoms with Gasteiger partial charge in [0.05, 0.1) is 12.7 Å². The summed E-state index contributed by atoms with van der Waals surface area (Å²) in [5.74, 6) is 0. The maximum atomic E-state index is 12.4. The number of fused-ring (bicyclic) bond motifs is 1. The lowest BCUT2D eigenvalue weighted by Crippen LogP contribution is -2.39. The molecule has 0 amide bonds. The van der Waals surface area contributed by atoms with Gasteiger partial charge in [-0.25, -0.2) is 9.78 Å². The number of rotatable bonds is 2. The largest absolute Gasteiger partial charge is 0.330 e. The average molecular weight is 302 g/mol. The van der Waals surface area contributed by atoms with Crippen molar-refractivity contribution in [1.82, 2.24) is 28.5 Å². The molecule has 3 aromatic rings. The smallest absolute Gasteiger partial charge is 0.299 e. The van der Waals surface area contributed by atoms with Gasteiger partial charge in [0.25, 0.3) is 11.1 Å². The average Bonchev–Trinajstić information content (AvgIpc) is 2.87. The summed E-state index contributed by atoms with van der Waals surface area (Å²) in [4.78, 5) is 40.2. The van der Waals surface area contributed by atoms with Gasteiger partial charge in [-0.3, -0.25) is 28.0 Å². The van der Waals surface area contributed by atoms with Crippen molar-refractivity contribution in [3.8, 4) is 0 Å². The molecule has 0 saturated heterocycles. The maximum Gasteiger partial charge on any atom is 0.330 e. The van der Waals surface area contributed by atoms with Gasteiger partial charge < -0.3 is 0 Å². The summed E-state index contributed by atoms with van der Waals surface area (Å²) >= 11 is 0. The van der Waals surface area contributed by atoms with E-state index in [9.17, 15) is 14.4 Å². The van der Waals surface area contributed by atoms with Gasteiger partial charge in [0.2, 0.25) is 0 Å². The fraction of sp³-hybridized carbons (Fsp3) is 0.308. The Kier molecular flexibility index (Phi) is 3.05. The summed E-state index contributed by atoms with van der Waals surface area (Å²) in [5.41, 5.74) is -0.210. The van der Waals surface area contributed by atoms with Crippen molar-refractivity contribution in [2.24, 2.45) is 21.1 Å². The van der Waals surface area contributed by atoms with Crippen LogP contribution >= 0.6 is 0 Å². The van der Waals surface area contributed by atoms with E-state index < -0.39 is 11.2 Å². The highest BCUT2D eigenvalue weighted by atomic mass is 16.2. The third kappa shape index (κ3) is 1.98. The molecule has 0 saturated carbocycles. The summed E-state index contributed by atoms with van der Waals surface area (Å²) in [7, 11) is 4.66. The Labute approximate surface area is 123 Å². The van der Waals surface area contributed by atoms with Crippen LogP contribution in [-0.2, 0) is 27.7 Å². The predicted molar refractivity (Wildman–Crippen MR) is 78.8 cm³/mol. The zero-order valence-corrected chi connectivity index (χ0v) is 12.3. The molecular weight excluding hydrogens is 288 g/mol. The molecule has 0 spiro atoms. The Morgan fingerprint density at radius 1 is 1.09 bits per heavy atom. The van der Waals surface area contributed by atoms with Crippen LogP contribution in [0, 0.1) is 0 Å². The van der Waals surface area contributed by atoms with E-state index in [4.69, 9.17) is 0 Å². The first-order valence-corrected chi connectivity index (χ1v) is 6.53. The molecule has 3 rings (SSSR count). The van der Waals surface area contributed by atoms with Crippen LogP contribution in [0.25, 0.3) is 11.0 Å². The van der Waals surface area contributed by atoms with Gasteiger partial charge in [0.15, 0.2) is 5.65 Å². The summed E-state index contributed by atoms with van der Waals surface area (Å²) in [6, 6.07) is 1.33. The standard InChI is InChI=1S/C13H14N6O3/c1-16-8(4-10(20)17(2)13(16)22)6-19-7-14-11-9(12(19)21)5-15-18(11)3/h4-5,7H,6H2,1-3H3. The Hall–Kier alpha value is -2.97. The van der Waals surface area contributed by atoms with E-state index in [1.165, 1.54) is 39.5 Å². The summed E-state index contributed by atoms with van der Waals surface area (Å²) in [6.45, 7) is 0.0818. The molecule has 0 bridgehead atoms. The Bertz CT molecular complexity index is 1050. The lowest BCUT2D eigenvalue weighted by atomic mass is 10.3. The molecule has 0 radical (unpaired) electrons. The van der Waals surface area contributed by atoms with E-state index in [0.717, 1.165) is 4.57 Å². The van der Waals surface area contributed by atoms with Gasteiger partial charge in [-0.05, 0) is 0 Å². The van der Waals surface area contributed by atoms with Gasteiger partial charge >= 0.3 is 5.69 Å². The van der Waals surface area contributed by atoms with Crippen molar-refractivity contribution in [3.63, 3.8) is 0 Å². The van der Waals surface area contributed by atoms with Crippen LogP contribution in [0.2, 0.25) is 0 Å². The molecule has 0 atom stereocenters. The van der Waals surface area contributed by atoms with Crippen LogP contribution in [0.3, 0.4) is 0 Å². The molecular formula is C13H14N6O3. The van der Waals surface area contributed by atoms with E-state index in [-0.39, 0.29) is 12.1 Å². The van der Waals surface area contributed by atoms with Crippen molar-refractivity contribution in [3.05, 3.63) is 55.5 Å². The minimum Gasteiger partial charge on any atom is -0.299 e. The highest BCUT2D eigenvalue weighted by Gasteiger charge is 2.11. The van der Waals surface area contributed by atoms with Crippen molar-refractivity contribution < 1.29 is 0 Å². The first-order chi connectivity index (χ1) is 10.4. The quantitative estimate of drug-likeness (QED) is 0.578. The Morgan fingerprint density at radius 3 is 2.55 bits per heavy atom. The number of hydrogen-bond donors (Lipinski definition) is 0. The Balaban J connectivity index is 2.16. The first kappa shape index (κ1) is 14.0. The van der Waals surface area contributed by atoms with E-state index >= 15 is 0 Å². The first-order valence-electron chi connectivity index (χ1n) is 6.53. The lowest BCUT2D eigenvalue weighted by molar-refractivity contribution is 0.615. The molecule has 114 valence electrons. The molecule has 3 heterocycles. The second-order valence-corrected chi connectivity index (χ2v) is 5.06. The second-order valence-electron chi connectivity index (χ2n) is 5.06. The summed E-state index contributed by atoms with van der Waals surface area (Å²) in [5, 5.41) is 4.38. The highest BCUT2D eigenvalue weighted by molar-refractivity contribution is 5.72. The molecule has 0 unspecified atom stereocenters. The molecule has 0 aromatic carbocycles. The van der Waals surface area contributed by atoms with Crippen molar-refractivity contribution in [1.29, 1.82) is 0 Å². The minimum absolute atomic E-state index is 0.0818. The highest BCUT2D eigenvalue weighted by Crippen LogP contribution is 2.04. The van der Waals surface area contributed by atoms with Gasteiger partial charge in [-0.15, -0.1) is 0 Å². The van der Waals surface area contributed by atoms with Crippen molar-refractivity contribution in [2.75, 3.05) is 0 Å². The van der Waals surface area contributed by atoms with Crippen LogP contribution in [-0.4, -0.2) is 28.5 Å². The molecule has 22 heavy (non-hydrogen) atoms. The number of aromatic nitrogens is 6. The maximum absolute atomic E-state index is 12.4. The fourth-order valence-corrected chi connectivity index (χ4v) is 2.28. The van der Waals surface area contributed by atoms with Gasteiger partial charge in [-0.1, -0.05) is 0 Å². The van der Waals surface area contributed by atoms with E-state index in [0.29, 0.717) is 16.7 Å². The zero-order valence-electron chi connectivity index (χ0n) is 12.3. The monoisotopic (exact) mass is 302 g/mol. The van der Waals surface area contributed by atoms with Crippen molar-refractivity contribution >= 4 is 11.0 Å². The Morgan fingerprint density at radius 2 is 1.82 bits per heavy atom. The van der Waals surface area contributed by atoms with Gasteiger partial charge in [0.1, 0.15) is 11.7 Å². The van der Waals surface area contributed by atoms with Crippen molar-refractivity contribution in [2.45, 2.75) is 6.54 Å². The number of aryl methyl sites for hydroxylation is 1. The van der Waals surface area contributed by atoms with Gasteiger partial charge in [-0.2, -0.15) is 5.10 Å². The molecule has 0 aliphatic rings. The molecule has 0 fully saturated rings.